The van der Waals surface area contributed by atoms with Crippen LogP contribution in [0.4, 0.5) is 0 Å². The average Bonchev–Trinajstić information content (AvgIpc) is 2.81. The molecule has 0 heterocycles. The summed E-state index contributed by atoms with van der Waals surface area (Å²) < 4.78 is 5.48. The van der Waals surface area contributed by atoms with E-state index in [2.05, 4.69) is 27.4 Å². The van der Waals surface area contributed by atoms with E-state index < -0.39 is 5.96 Å². The van der Waals surface area contributed by atoms with E-state index in [1.807, 2.05) is 0 Å². The Morgan fingerprint density at radius 1 is 0.636 bits per heavy atom. The molecule has 0 bridgehead atoms. The minimum absolute atomic E-state index is 0.310. The molecule has 0 saturated heterocycles. The SMILES string of the molecule is C=CC(=O)OCCP(Cl)(CCCCCCCC)(CCCCCCCC)CCCCCCCC. The molecule has 2 nitrogen and oxygen atoms in total. The Morgan fingerprint density at radius 3 is 1.30 bits per heavy atom. The first-order valence-corrected chi connectivity index (χ1v) is 18.3. The fourth-order valence-corrected chi connectivity index (χ4v) is 11.2. The van der Waals surface area contributed by atoms with Gasteiger partial charge < -0.3 is 0 Å². The van der Waals surface area contributed by atoms with Crippen molar-refractivity contribution in [1.82, 2.24) is 0 Å². The van der Waals surface area contributed by atoms with E-state index in [9.17, 15) is 4.79 Å². The minimum atomic E-state index is -2.42. The van der Waals surface area contributed by atoms with Crippen molar-refractivity contribution in [3.63, 3.8) is 0 Å². The van der Waals surface area contributed by atoms with E-state index >= 15 is 0 Å². The second kappa shape index (κ2) is 21.2. The number of hydrogen-bond donors (Lipinski definition) is 0. The number of rotatable bonds is 25. The third-order valence-electron chi connectivity index (χ3n) is 7.27. The third kappa shape index (κ3) is 17.9. The summed E-state index contributed by atoms with van der Waals surface area (Å²) in [4.78, 5) is 11.7. The standard InChI is InChI=1S/C29H58ClO2P/c1-5-9-12-15-18-21-25-33(30,28-24-32-29(31)8-4,26-22-19-16-13-10-6-2)27-23-20-17-14-11-7-3/h8H,4-7,9-28H2,1-3H3. The van der Waals surface area contributed by atoms with Crippen LogP contribution in [-0.2, 0) is 9.53 Å². The van der Waals surface area contributed by atoms with Crippen molar-refractivity contribution < 1.29 is 9.53 Å². The monoisotopic (exact) mass is 504 g/mol. The van der Waals surface area contributed by atoms with Crippen LogP contribution >= 0.6 is 17.2 Å². The molecule has 0 amide bonds. The van der Waals surface area contributed by atoms with Gasteiger partial charge in [0.1, 0.15) is 0 Å². The van der Waals surface area contributed by atoms with Gasteiger partial charge in [-0.3, -0.25) is 0 Å². The average molecular weight is 505 g/mol. The van der Waals surface area contributed by atoms with Crippen molar-refractivity contribution >= 4 is 23.2 Å². The number of hydrogen-bond acceptors (Lipinski definition) is 2. The van der Waals surface area contributed by atoms with Crippen LogP contribution in [-0.4, -0.2) is 37.2 Å². The van der Waals surface area contributed by atoms with E-state index in [4.69, 9.17) is 16.0 Å². The third-order valence-corrected chi connectivity index (χ3v) is 14.9. The van der Waals surface area contributed by atoms with E-state index in [1.54, 1.807) is 0 Å². The van der Waals surface area contributed by atoms with Gasteiger partial charge in [-0.2, -0.15) is 0 Å². The molecule has 0 aromatic heterocycles. The Bertz CT molecular complexity index is 437. The molecule has 0 aliphatic carbocycles. The van der Waals surface area contributed by atoms with Crippen LogP contribution in [0.2, 0.25) is 0 Å². The predicted molar refractivity (Wildman–Crippen MR) is 154 cm³/mol. The van der Waals surface area contributed by atoms with Gasteiger partial charge >= 0.3 is 213 Å². The quantitative estimate of drug-likeness (QED) is 0.0534. The molecule has 0 saturated carbocycles. The molecule has 0 atom stereocenters. The summed E-state index contributed by atoms with van der Waals surface area (Å²) in [6, 6.07) is 0. The molecule has 0 aromatic carbocycles. The molecule has 0 aromatic rings. The van der Waals surface area contributed by atoms with Crippen LogP contribution in [0.3, 0.4) is 0 Å². The summed E-state index contributed by atoms with van der Waals surface area (Å²) in [5.41, 5.74) is 0. The molecule has 0 N–H and O–H groups in total. The van der Waals surface area contributed by atoms with E-state index in [1.165, 1.54) is 140 Å². The van der Waals surface area contributed by atoms with Gasteiger partial charge in [0.05, 0.1) is 0 Å². The Balaban J connectivity index is 5.10. The Labute approximate surface area is 212 Å². The predicted octanol–water partition coefficient (Wildman–Crippen LogP) is 10.5. The molecule has 0 aliphatic heterocycles. The zero-order valence-corrected chi connectivity index (χ0v) is 24.3. The maximum absolute atomic E-state index is 11.7. The zero-order valence-electron chi connectivity index (χ0n) is 22.7. The normalized spacial score (nSPS) is 12.9. The molecule has 0 spiro atoms. The number of unbranched alkanes of at least 4 members (excludes halogenated alkanes) is 15. The maximum atomic E-state index is 11.7. The van der Waals surface area contributed by atoms with Gasteiger partial charge in [0.15, 0.2) is 0 Å². The number of carbonyl (C=O) groups is 1. The number of ether oxygens (including phenoxy) is 1. The topological polar surface area (TPSA) is 26.3 Å². The summed E-state index contributed by atoms with van der Waals surface area (Å²) in [5, 5.41) is 0. The van der Waals surface area contributed by atoms with Crippen molar-refractivity contribution in [3.05, 3.63) is 12.7 Å². The van der Waals surface area contributed by atoms with Crippen molar-refractivity contribution in [3.8, 4) is 0 Å². The molecule has 0 unspecified atom stereocenters. The summed E-state index contributed by atoms with van der Waals surface area (Å²) in [5.74, 6) is -2.73. The first-order chi connectivity index (χ1) is 15.9. The molecule has 0 rings (SSSR count). The molecular formula is C29H58ClO2P. The summed E-state index contributed by atoms with van der Waals surface area (Å²) in [6.45, 7) is 10.8. The van der Waals surface area contributed by atoms with Crippen molar-refractivity contribution in [2.24, 2.45) is 0 Å². The van der Waals surface area contributed by atoms with Crippen molar-refractivity contribution in [2.75, 3.05) is 31.3 Å². The van der Waals surface area contributed by atoms with Gasteiger partial charge in [-0.1, -0.05) is 0 Å². The molecule has 0 fully saturated rings. The van der Waals surface area contributed by atoms with Gasteiger partial charge in [-0.25, -0.2) is 0 Å². The second-order valence-electron chi connectivity index (χ2n) is 10.4. The van der Waals surface area contributed by atoms with E-state index in [0.717, 1.165) is 6.16 Å². The van der Waals surface area contributed by atoms with Crippen LogP contribution in [0, 0.1) is 0 Å². The van der Waals surface area contributed by atoms with Crippen LogP contribution < -0.4 is 0 Å². The number of esters is 1. The number of carbonyl (C=O) groups excluding carboxylic acids is 1. The van der Waals surface area contributed by atoms with Gasteiger partial charge in [0.2, 0.25) is 0 Å². The Hall–Kier alpha value is -0.0700. The molecule has 198 valence electrons. The van der Waals surface area contributed by atoms with Crippen LogP contribution in [0.25, 0.3) is 0 Å². The molecule has 4 heteroatoms. The fourth-order valence-electron chi connectivity index (χ4n) is 4.97. The summed E-state index contributed by atoms with van der Waals surface area (Å²) in [7, 11) is 0. The molecular weight excluding hydrogens is 447 g/mol. The van der Waals surface area contributed by atoms with Crippen LogP contribution in [0.5, 0.6) is 0 Å². The molecule has 0 radical (unpaired) electrons. The van der Waals surface area contributed by atoms with Gasteiger partial charge in [-0.15, -0.1) is 0 Å². The first-order valence-electron chi connectivity index (χ1n) is 14.4. The van der Waals surface area contributed by atoms with Crippen molar-refractivity contribution in [1.29, 1.82) is 0 Å². The van der Waals surface area contributed by atoms with E-state index in [-0.39, 0.29) is 5.97 Å². The fraction of sp³-hybridized carbons (Fsp3) is 0.897. The second-order valence-corrected chi connectivity index (χ2v) is 18.7. The Morgan fingerprint density at radius 2 is 0.970 bits per heavy atom. The van der Waals surface area contributed by atoms with Crippen molar-refractivity contribution in [2.45, 2.75) is 136 Å². The Kier molecular flexibility index (Phi) is 21.2. The van der Waals surface area contributed by atoms with Gasteiger partial charge in [-0.05, 0) is 0 Å². The van der Waals surface area contributed by atoms with E-state index in [0.29, 0.717) is 6.61 Å². The van der Waals surface area contributed by atoms with Gasteiger partial charge in [0.25, 0.3) is 0 Å². The summed E-state index contributed by atoms with van der Waals surface area (Å²) in [6.07, 6.45) is 29.3. The zero-order chi connectivity index (χ0) is 24.7. The van der Waals surface area contributed by atoms with Crippen LogP contribution in [0.15, 0.2) is 12.7 Å². The summed E-state index contributed by atoms with van der Waals surface area (Å²) >= 11 is 7.86. The first kappa shape index (κ1) is 32.9. The number of halogens is 1. The molecule has 0 aliphatic rings. The van der Waals surface area contributed by atoms with Crippen LogP contribution in [0.1, 0.15) is 136 Å². The molecule has 33 heavy (non-hydrogen) atoms. The van der Waals surface area contributed by atoms with Gasteiger partial charge in [0, 0.05) is 0 Å².